The highest BCUT2D eigenvalue weighted by Crippen LogP contribution is 2.12. The van der Waals surface area contributed by atoms with Gasteiger partial charge in [0.2, 0.25) is 17.7 Å². The second kappa shape index (κ2) is 14.9. The van der Waals surface area contributed by atoms with E-state index in [9.17, 15) is 24.3 Å². The number of carboxylic acid groups (broad SMARTS) is 1. The third-order valence-corrected chi connectivity index (χ3v) is 6.57. The molecule has 5 atom stereocenters. The zero-order valence-electron chi connectivity index (χ0n) is 22.5. The van der Waals surface area contributed by atoms with Gasteiger partial charge in [0.05, 0.1) is 6.04 Å². The number of aliphatic carboxylic acids is 1. The van der Waals surface area contributed by atoms with E-state index in [4.69, 9.17) is 5.73 Å². The van der Waals surface area contributed by atoms with Crippen LogP contribution in [0.2, 0.25) is 0 Å². The van der Waals surface area contributed by atoms with E-state index in [1.807, 2.05) is 50.2 Å². The SMILES string of the molecule is CCC(C)C(NC(=O)C(N)Cc1ccccc1)C(=O)NC(C(=O)NC(Cc1ccccc1)C(=O)O)C(C)C. The van der Waals surface area contributed by atoms with Crippen molar-refractivity contribution in [2.24, 2.45) is 17.6 Å². The number of carbonyl (C=O) groups is 4. The van der Waals surface area contributed by atoms with Gasteiger partial charge in [-0.2, -0.15) is 0 Å². The fourth-order valence-electron chi connectivity index (χ4n) is 4.01. The number of nitrogens with two attached hydrogens (primary N) is 1. The van der Waals surface area contributed by atoms with E-state index in [0.717, 1.165) is 11.1 Å². The molecule has 0 saturated heterocycles. The predicted molar refractivity (Wildman–Crippen MR) is 146 cm³/mol. The summed E-state index contributed by atoms with van der Waals surface area (Å²) in [6.07, 6.45) is 1.02. The molecule has 0 aliphatic carbocycles. The summed E-state index contributed by atoms with van der Waals surface area (Å²) >= 11 is 0. The first-order valence-corrected chi connectivity index (χ1v) is 13.0. The highest BCUT2D eigenvalue weighted by Gasteiger charge is 2.33. The van der Waals surface area contributed by atoms with Gasteiger partial charge in [0.15, 0.2) is 0 Å². The first-order chi connectivity index (χ1) is 18.0. The molecule has 0 fully saturated rings. The maximum Gasteiger partial charge on any atom is 0.326 e. The van der Waals surface area contributed by atoms with Gasteiger partial charge in [-0.05, 0) is 29.4 Å². The largest absolute Gasteiger partial charge is 0.480 e. The Kier molecular flexibility index (Phi) is 11.9. The van der Waals surface area contributed by atoms with Gasteiger partial charge in [0.25, 0.3) is 0 Å². The van der Waals surface area contributed by atoms with Gasteiger partial charge in [-0.15, -0.1) is 0 Å². The monoisotopic (exact) mass is 524 g/mol. The molecule has 2 aromatic carbocycles. The molecule has 0 saturated carbocycles. The molecule has 0 aliphatic heterocycles. The molecule has 0 bridgehead atoms. The summed E-state index contributed by atoms with van der Waals surface area (Å²) in [5.74, 6) is -3.33. The van der Waals surface area contributed by atoms with Gasteiger partial charge in [0.1, 0.15) is 18.1 Å². The Labute approximate surface area is 224 Å². The van der Waals surface area contributed by atoms with E-state index in [-0.39, 0.29) is 18.3 Å². The van der Waals surface area contributed by atoms with Crippen LogP contribution in [0.25, 0.3) is 0 Å². The Balaban J connectivity index is 2.10. The Morgan fingerprint density at radius 1 is 0.737 bits per heavy atom. The summed E-state index contributed by atoms with van der Waals surface area (Å²) < 4.78 is 0. The Morgan fingerprint density at radius 3 is 1.68 bits per heavy atom. The third kappa shape index (κ3) is 9.30. The Hall–Kier alpha value is -3.72. The number of carboxylic acids is 1. The lowest BCUT2D eigenvalue weighted by Crippen LogP contribution is -2.60. The van der Waals surface area contributed by atoms with Gasteiger partial charge in [-0.25, -0.2) is 4.79 Å². The normalized spacial score (nSPS) is 15.0. The minimum atomic E-state index is -1.17. The molecule has 0 heterocycles. The fourth-order valence-corrected chi connectivity index (χ4v) is 4.01. The van der Waals surface area contributed by atoms with Gasteiger partial charge >= 0.3 is 5.97 Å². The Bertz CT molecular complexity index is 1060. The molecule has 0 radical (unpaired) electrons. The second-order valence-corrected chi connectivity index (χ2v) is 9.99. The van der Waals surface area contributed by atoms with Crippen LogP contribution in [0, 0.1) is 11.8 Å². The number of hydrogen-bond donors (Lipinski definition) is 5. The molecule has 0 aliphatic rings. The van der Waals surface area contributed by atoms with E-state index in [0.29, 0.717) is 12.8 Å². The van der Waals surface area contributed by atoms with E-state index < -0.39 is 47.9 Å². The quantitative estimate of drug-likeness (QED) is 0.255. The average molecular weight is 525 g/mol. The molecule has 206 valence electrons. The number of hydrogen-bond acceptors (Lipinski definition) is 5. The number of amides is 3. The Morgan fingerprint density at radius 2 is 1.21 bits per heavy atom. The molecule has 9 nitrogen and oxygen atoms in total. The minimum Gasteiger partial charge on any atom is -0.480 e. The van der Waals surface area contributed by atoms with Crippen molar-refractivity contribution in [1.82, 2.24) is 16.0 Å². The fraction of sp³-hybridized carbons (Fsp3) is 0.448. The van der Waals surface area contributed by atoms with Crippen molar-refractivity contribution >= 4 is 23.7 Å². The molecule has 2 rings (SSSR count). The third-order valence-electron chi connectivity index (χ3n) is 6.57. The van der Waals surface area contributed by atoms with E-state index in [1.54, 1.807) is 38.1 Å². The zero-order valence-corrected chi connectivity index (χ0v) is 22.5. The van der Waals surface area contributed by atoms with Crippen molar-refractivity contribution in [3.63, 3.8) is 0 Å². The van der Waals surface area contributed by atoms with Crippen LogP contribution < -0.4 is 21.7 Å². The summed E-state index contributed by atoms with van der Waals surface area (Å²) in [4.78, 5) is 51.2. The summed E-state index contributed by atoms with van der Waals surface area (Å²) in [6, 6.07) is 14.4. The van der Waals surface area contributed by atoms with E-state index in [1.165, 1.54) is 0 Å². The molecule has 0 spiro atoms. The van der Waals surface area contributed by atoms with Crippen molar-refractivity contribution in [3.8, 4) is 0 Å². The molecule has 0 aromatic heterocycles. The highest BCUT2D eigenvalue weighted by molar-refractivity contribution is 5.94. The molecule has 5 unspecified atom stereocenters. The molecule has 3 amide bonds. The second-order valence-electron chi connectivity index (χ2n) is 9.99. The molecular formula is C29H40N4O5. The summed E-state index contributed by atoms with van der Waals surface area (Å²) in [5, 5.41) is 17.7. The number of rotatable bonds is 14. The molecule has 2 aromatic rings. The first kappa shape index (κ1) is 30.5. The predicted octanol–water partition coefficient (Wildman–Crippen LogP) is 2.04. The van der Waals surface area contributed by atoms with Gasteiger partial charge in [0, 0.05) is 6.42 Å². The molecule has 6 N–H and O–H groups in total. The van der Waals surface area contributed by atoms with Crippen molar-refractivity contribution < 1.29 is 24.3 Å². The van der Waals surface area contributed by atoms with Crippen LogP contribution in [0.15, 0.2) is 60.7 Å². The van der Waals surface area contributed by atoms with Crippen molar-refractivity contribution in [3.05, 3.63) is 71.8 Å². The highest BCUT2D eigenvalue weighted by atomic mass is 16.4. The van der Waals surface area contributed by atoms with E-state index in [2.05, 4.69) is 16.0 Å². The van der Waals surface area contributed by atoms with Gasteiger partial charge in [-0.3, -0.25) is 14.4 Å². The minimum absolute atomic E-state index is 0.103. The lowest BCUT2D eigenvalue weighted by Gasteiger charge is -2.29. The van der Waals surface area contributed by atoms with Crippen molar-refractivity contribution in [1.29, 1.82) is 0 Å². The first-order valence-electron chi connectivity index (χ1n) is 13.0. The summed E-state index contributed by atoms with van der Waals surface area (Å²) in [7, 11) is 0. The smallest absolute Gasteiger partial charge is 0.326 e. The van der Waals surface area contributed by atoms with E-state index >= 15 is 0 Å². The topological polar surface area (TPSA) is 151 Å². The van der Waals surface area contributed by atoms with Crippen LogP contribution in [-0.2, 0) is 32.0 Å². The van der Waals surface area contributed by atoms with Gasteiger partial charge in [-0.1, -0.05) is 94.8 Å². The summed E-state index contributed by atoms with van der Waals surface area (Å²) in [6.45, 7) is 7.24. The number of carbonyl (C=O) groups excluding carboxylic acids is 3. The number of benzene rings is 2. The van der Waals surface area contributed by atoms with Crippen LogP contribution in [0.5, 0.6) is 0 Å². The zero-order chi connectivity index (χ0) is 28.2. The standard InChI is InChI=1S/C29H40N4O5/c1-5-19(4)25(33-26(34)22(30)16-20-12-8-6-9-13-20)28(36)32-24(18(2)3)27(35)31-23(29(37)38)17-21-14-10-7-11-15-21/h6-15,18-19,22-25H,5,16-17,30H2,1-4H3,(H,31,35)(H,32,36)(H,33,34)(H,37,38). The average Bonchev–Trinajstić information content (AvgIpc) is 2.90. The van der Waals surface area contributed by atoms with Crippen LogP contribution in [0.3, 0.4) is 0 Å². The molecular weight excluding hydrogens is 484 g/mol. The maximum atomic E-state index is 13.3. The lowest BCUT2D eigenvalue weighted by molar-refractivity contribution is -0.142. The summed E-state index contributed by atoms with van der Waals surface area (Å²) in [5.41, 5.74) is 7.78. The van der Waals surface area contributed by atoms with Crippen molar-refractivity contribution in [2.45, 2.75) is 71.1 Å². The van der Waals surface area contributed by atoms with Crippen LogP contribution in [-0.4, -0.2) is 53.0 Å². The lowest BCUT2D eigenvalue weighted by atomic mass is 9.95. The molecule has 9 heteroatoms. The van der Waals surface area contributed by atoms with Crippen LogP contribution in [0.1, 0.15) is 45.2 Å². The van der Waals surface area contributed by atoms with Gasteiger partial charge < -0.3 is 26.8 Å². The number of nitrogens with one attached hydrogen (secondary N) is 3. The van der Waals surface area contributed by atoms with Crippen LogP contribution in [0.4, 0.5) is 0 Å². The maximum absolute atomic E-state index is 13.3. The molecule has 38 heavy (non-hydrogen) atoms. The van der Waals surface area contributed by atoms with Crippen molar-refractivity contribution in [2.75, 3.05) is 0 Å². The van der Waals surface area contributed by atoms with Crippen LogP contribution >= 0.6 is 0 Å².